The number of hydrogen-bond acceptors (Lipinski definition) is 3. The van der Waals surface area contributed by atoms with E-state index in [1.165, 1.54) is 5.69 Å². The van der Waals surface area contributed by atoms with Gasteiger partial charge in [-0.15, -0.1) is 0 Å². The molecule has 100 valence electrons. The maximum absolute atomic E-state index is 4.40. The van der Waals surface area contributed by atoms with Crippen LogP contribution in [0.15, 0.2) is 48.7 Å². The number of rotatable bonds is 6. The van der Waals surface area contributed by atoms with Crippen molar-refractivity contribution in [2.45, 2.75) is 19.9 Å². The third-order valence-corrected chi connectivity index (χ3v) is 3.06. The summed E-state index contributed by atoms with van der Waals surface area (Å²) in [7, 11) is 2.08. The van der Waals surface area contributed by atoms with Gasteiger partial charge in [-0.1, -0.05) is 25.1 Å². The van der Waals surface area contributed by atoms with Crippen LogP contribution < -0.4 is 10.2 Å². The fraction of sp³-hybridized carbons (Fsp3) is 0.312. The van der Waals surface area contributed by atoms with Gasteiger partial charge in [0.15, 0.2) is 0 Å². The van der Waals surface area contributed by atoms with Crippen molar-refractivity contribution in [3.63, 3.8) is 0 Å². The van der Waals surface area contributed by atoms with Crippen LogP contribution >= 0.6 is 0 Å². The largest absolute Gasteiger partial charge is 0.345 e. The maximum Gasteiger partial charge on any atom is 0.0562 e. The number of nitrogens with zero attached hydrogens (tertiary/aromatic N) is 2. The Bertz CT molecular complexity index is 496. The van der Waals surface area contributed by atoms with Crippen LogP contribution in [0.5, 0.6) is 0 Å². The second kappa shape index (κ2) is 6.90. The molecular formula is C16H21N3. The number of aromatic nitrogens is 1. The van der Waals surface area contributed by atoms with E-state index in [-0.39, 0.29) is 0 Å². The lowest BCUT2D eigenvalue weighted by molar-refractivity contribution is 0.664. The Morgan fingerprint density at radius 1 is 1.11 bits per heavy atom. The topological polar surface area (TPSA) is 28.2 Å². The third kappa shape index (κ3) is 3.80. The van der Waals surface area contributed by atoms with Gasteiger partial charge in [-0.3, -0.25) is 4.98 Å². The molecule has 0 fully saturated rings. The number of para-hydroxylation sites is 1. The van der Waals surface area contributed by atoms with Crippen molar-refractivity contribution >= 4 is 11.4 Å². The van der Waals surface area contributed by atoms with Crippen molar-refractivity contribution in [3.05, 3.63) is 54.4 Å². The molecule has 2 rings (SSSR count). The molecule has 0 amide bonds. The molecule has 0 radical (unpaired) electrons. The van der Waals surface area contributed by atoms with Crippen molar-refractivity contribution < 1.29 is 0 Å². The van der Waals surface area contributed by atoms with Gasteiger partial charge in [0, 0.05) is 31.2 Å². The Morgan fingerprint density at radius 2 is 1.89 bits per heavy atom. The molecular weight excluding hydrogens is 234 g/mol. The van der Waals surface area contributed by atoms with Crippen LogP contribution in [0.3, 0.4) is 0 Å². The molecule has 1 aromatic heterocycles. The summed E-state index contributed by atoms with van der Waals surface area (Å²) in [4.78, 5) is 6.57. The normalized spacial score (nSPS) is 10.4. The first kappa shape index (κ1) is 13.6. The lowest BCUT2D eigenvalue weighted by atomic mass is 10.2. The smallest absolute Gasteiger partial charge is 0.0562 e. The summed E-state index contributed by atoms with van der Waals surface area (Å²) < 4.78 is 0. The zero-order chi connectivity index (χ0) is 13.5. The van der Waals surface area contributed by atoms with Crippen LogP contribution in [-0.2, 0) is 6.54 Å². The van der Waals surface area contributed by atoms with E-state index in [1.54, 1.807) is 0 Å². The number of anilines is 2. The zero-order valence-electron chi connectivity index (χ0n) is 11.6. The highest BCUT2D eigenvalue weighted by Crippen LogP contribution is 2.22. The highest BCUT2D eigenvalue weighted by molar-refractivity contribution is 5.62. The van der Waals surface area contributed by atoms with Gasteiger partial charge in [-0.2, -0.15) is 0 Å². The summed E-state index contributed by atoms with van der Waals surface area (Å²) in [6.45, 7) is 4.02. The highest BCUT2D eigenvalue weighted by Gasteiger charge is 2.04. The average Bonchev–Trinajstić information content (AvgIpc) is 2.48. The summed E-state index contributed by atoms with van der Waals surface area (Å²) in [5.41, 5.74) is 3.42. The predicted molar refractivity (Wildman–Crippen MR) is 80.7 cm³/mol. The van der Waals surface area contributed by atoms with Gasteiger partial charge in [-0.05, 0) is 37.2 Å². The first-order valence-corrected chi connectivity index (χ1v) is 6.75. The lowest BCUT2D eigenvalue weighted by Crippen LogP contribution is -2.16. The van der Waals surface area contributed by atoms with Gasteiger partial charge in [0.25, 0.3) is 0 Å². The molecule has 0 aliphatic heterocycles. The summed E-state index contributed by atoms with van der Waals surface area (Å²) >= 11 is 0. The van der Waals surface area contributed by atoms with E-state index in [9.17, 15) is 0 Å². The van der Waals surface area contributed by atoms with Gasteiger partial charge in [0.2, 0.25) is 0 Å². The molecule has 0 saturated heterocycles. The summed E-state index contributed by atoms with van der Waals surface area (Å²) in [5.74, 6) is 0. The van der Waals surface area contributed by atoms with E-state index < -0.39 is 0 Å². The molecule has 0 aliphatic carbocycles. The van der Waals surface area contributed by atoms with Gasteiger partial charge in [0.1, 0.15) is 0 Å². The summed E-state index contributed by atoms with van der Waals surface area (Å²) in [6.07, 6.45) is 3.02. The SMILES string of the molecule is CCCNCc1cc(N(C)c2ccccc2)ccn1. The first-order valence-electron chi connectivity index (χ1n) is 6.75. The average molecular weight is 255 g/mol. The second-order valence-electron chi connectivity index (χ2n) is 4.58. The summed E-state index contributed by atoms with van der Waals surface area (Å²) in [5, 5.41) is 3.38. The molecule has 0 bridgehead atoms. The fourth-order valence-electron chi connectivity index (χ4n) is 1.96. The van der Waals surface area contributed by atoms with E-state index >= 15 is 0 Å². The van der Waals surface area contributed by atoms with Gasteiger partial charge >= 0.3 is 0 Å². The second-order valence-corrected chi connectivity index (χ2v) is 4.58. The molecule has 0 spiro atoms. The van der Waals surface area contributed by atoms with Crippen LogP contribution in [0.25, 0.3) is 0 Å². The van der Waals surface area contributed by atoms with Crippen LogP contribution in [0.4, 0.5) is 11.4 Å². The minimum Gasteiger partial charge on any atom is -0.345 e. The van der Waals surface area contributed by atoms with Crippen molar-refractivity contribution in [1.29, 1.82) is 0 Å². The summed E-state index contributed by atoms with van der Waals surface area (Å²) in [6, 6.07) is 14.5. The Hall–Kier alpha value is -1.87. The molecule has 1 heterocycles. The van der Waals surface area contributed by atoms with Gasteiger partial charge in [0.05, 0.1) is 5.69 Å². The molecule has 0 saturated carbocycles. The first-order chi connectivity index (χ1) is 9.31. The Morgan fingerprint density at radius 3 is 2.63 bits per heavy atom. The molecule has 0 aliphatic rings. The number of benzene rings is 1. The van der Waals surface area contributed by atoms with E-state index in [2.05, 4.69) is 59.5 Å². The van der Waals surface area contributed by atoms with E-state index in [0.29, 0.717) is 0 Å². The van der Waals surface area contributed by atoms with Crippen molar-refractivity contribution in [2.75, 3.05) is 18.5 Å². The molecule has 3 nitrogen and oxygen atoms in total. The van der Waals surface area contributed by atoms with Crippen molar-refractivity contribution in [1.82, 2.24) is 10.3 Å². The standard InChI is InChI=1S/C16H21N3/c1-3-10-17-13-14-12-16(9-11-18-14)19(2)15-7-5-4-6-8-15/h4-9,11-12,17H,3,10,13H2,1-2H3. The molecule has 0 atom stereocenters. The zero-order valence-corrected chi connectivity index (χ0v) is 11.6. The number of pyridine rings is 1. The minimum atomic E-state index is 0.824. The molecule has 19 heavy (non-hydrogen) atoms. The lowest BCUT2D eigenvalue weighted by Gasteiger charge is -2.19. The van der Waals surface area contributed by atoms with Crippen molar-refractivity contribution in [2.24, 2.45) is 0 Å². The van der Waals surface area contributed by atoms with E-state index in [1.807, 2.05) is 18.3 Å². The predicted octanol–water partition coefficient (Wildman–Crippen LogP) is 3.35. The van der Waals surface area contributed by atoms with Crippen LogP contribution in [0.1, 0.15) is 19.0 Å². The van der Waals surface area contributed by atoms with Gasteiger partial charge < -0.3 is 10.2 Å². The van der Waals surface area contributed by atoms with Crippen molar-refractivity contribution in [3.8, 4) is 0 Å². The van der Waals surface area contributed by atoms with Gasteiger partial charge in [-0.25, -0.2) is 0 Å². The Balaban J connectivity index is 2.10. The maximum atomic E-state index is 4.40. The van der Waals surface area contributed by atoms with E-state index in [0.717, 1.165) is 30.9 Å². The fourth-order valence-corrected chi connectivity index (χ4v) is 1.96. The molecule has 0 unspecified atom stereocenters. The minimum absolute atomic E-state index is 0.824. The molecule has 1 N–H and O–H groups in total. The highest BCUT2D eigenvalue weighted by atomic mass is 15.1. The third-order valence-electron chi connectivity index (χ3n) is 3.06. The quantitative estimate of drug-likeness (QED) is 0.802. The van der Waals surface area contributed by atoms with E-state index in [4.69, 9.17) is 0 Å². The Kier molecular flexibility index (Phi) is 4.93. The van der Waals surface area contributed by atoms with Crippen LogP contribution in [0.2, 0.25) is 0 Å². The number of hydrogen-bond donors (Lipinski definition) is 1. The number of nitrogens with one attached hydrogen (secondary N) is 1. The monoisotopic (exact) mass is 255 g/mol. The van der Waals surface area contributed by atoms with Crippen LogP contribution in [0, 0.1) is 0 Å². The Labute approximate surface area is 115 Å². The molecule has 3 heteroatoms. The van der Waals surface area contributed by atoms with Crippen LogP contribution in [-0.4, -0.2) is 18.6 Å². The molecule has 2 aromatic rings. The molecule has 1 aromatic carbocycles.